The second-order valence-corrected chi connectivity index (χ2v) is 9.81. The third kappa shape index (κ3) is 6.02. The summed E-state index contributed by atoms with van der Waals surface area (Å²) in [6.07, 6.45) is 4.61. The number of piperazine rings is 1. The quantitative estimate of drug-likeness (QED) is 0.450. The highest BCUT2D eigenvalue weighted by Gasteiger charge is 2.26. The molecule has 0 aliphatic carbocycles. The summed E-state index contributed by atoms with van der Waals surface area (Å²) in [6, 6.07) is 17.9. The van der Waals surface area contributed by atoms with Crippen LogP contribution in [0.15, 0.2) is 70.7 Å². The van der Waals surface area contributed by atoms with Gasteiger partial charge in [-0.15, -0.1) is 0 Å². The van der Waals surface area contributed by atoms with E-state index in [0.717, 1.165) is 63.6 Å². The number of rotatable bonds is 9. The molecule has 194 valence electrons. The molecule has 0 spiro atoms. The summed E-state index contributed by atoms with van der Waals surface area (Å²) in [5, 5.41) is 11.1. The highest BCUT2D eigenvalue weighted by atomic mass is 16.5. The number of hydrogen-bond donors (Lipinski definition) is 0. The second-order valence-electron chi connectivity index (χ2n) is 9.81. The number of aromatic nitrogens is 2. The lowest BCUT2D eigenvalue weighted by Crippen LogP contribution is -2.48. The lowest BCUT2D eigenvalue weighted by Gasteiger charge is -2.37. The molecule has 0 radical (unpaired) electrons. The van der Waals surface area contributed by atoms with Crippen molar-refractivity contribution in [2.75, 3.05) is 57.3 Å². The summed E-state index contributed by atoms with van der Waals surface area (Å²) in [7, 11) is 0. The van der Waals surface area contributed by atoms with Crippen molar-refractivity contribution < 1.29 is 4.74 Å². The minimum Gasteiger partial charge on any atom is -0.486 e. The molecule has 8 nitrogen and oxygen atoms in total. The van der Waals surface area contributed by atoms with E-state index in [0.29, 0.717) is 18.3 Å². The largest absolute Gasteiger partial charge is 0.486 e. The number of benzene rings is 2. The Kier molecular flexibility index (Phi) is 7.84. The molecule has 0 bridgehead atoms. The molecule has 0 amide bonds. The predicted molar refractivity (Wildman–Crippen MR) is 148 cm³/mol. The van der Waals surface area contributed by atoms with Crippen molar-refractivity contribution in [1.82, 2.24) is 19.7 Å². The van der Waals surface area contributed by atoms with Crippen molar-refractivity contribution in [3.63, 3.8) is 0 Å². The smallest absolute Gasteiger partial charge is 0.316 e. The van der Waals surface area contributed by atoms with Crippen LogP contribution in [-0.4, -0.2) is 78.3 Å². The molecular formula is C29H36N6O2. The number of hydrogen-bond acceptors (Lipinski definition) is 7. The molecule has 37 heavy (non-hydrogen) atoms. The van der Waals surface area contributed by atoms with Crippen molar-refractivity contribution in [3.8, 4) is 11.4 Å². The SMILES string of the molecule is CCN1CC(CN2CCN(c3cnn(-c4ccccc4)c(=O)c3OCCc3ccc(C)cc3)CC2)C=N1. The Balaban J connectivity index is 1.30. The van der Waals surface area contributed by atoms with Gasteiger partial charge < -0.3 is 9.64 Å². The van der Waals surface area contributed by atoms with E-state index < -0.39 is 0 Å². The van der Waals surface area contributed by atoms with Crippen molar-refractivity contribution >= 4 is 11.9 Å². The molecule has 3 heterocycles. The topological polar surface area (TPSA) is 66.2 Å². The summed E-state index contributed by atoms with van der Waals surface area (Å²) in [5.41, 5.74) is 3.70. The molecule has 5 rings (SSSR count). The molecule has 1 atom stereocenters. The first kappa shape index (κ1) is 25.0. The highest BCUT2D eigenvalue weighted by Crippen LogP contribution is 2.26. The van der Waals surface area contributed by atoms with Crippen LogP contribution in [0.2, 0.25) is 0 Å². The lowest BCUT2D eigenvalue weighted by molar-refractivity contribution is 0.220. The number of aryl methyl sites for hydroxylation is 1. The Morgan fingerprint density at radius 1 is 1.00 bits per heavy atom. The Morgan fingerprint density at radius 2 is 1.76 bits per heavy atom. The summed E-state index contributed by atoms with van der Waals surface area (Å²) < 4.78 is 7.66. The number of hydrazone groups is 1. The predicted octanol–water partition coefficient (Wildman–Crippen LogP) is 3.22. The van der Waals surface area contributed by atoms with Crippen LogP contribution >= 0.6 is 0 Å². The summed E-state index contributed by atoms with van der Waals surface area (Å²) in [4.78, 5) is 18.3. The van der Waals surface area contributed by atoms with Crippen LogP contribution in [0.5, 0.6) is 5.75 Å². The van der Waals surface area contributed by atoms with E-state index in [-0.39, 0.29) is 5.56 Å². The number of ether oxygens (including phenoxy) is 1. The average molecular weight is 501 g/mol. The number of nitrogens with zero attached hydrogens (tertiary/aromatic N) is 6. The first-order valence-electron chi connectivity index (χ1n) is 13.2. The van der Waals surface area contributed by atoms with Crippen LogP contribution < -0.4 is 15.2 Å². The molecule has 2 aliphatic rings. The zero-order chi connectivity index (χ0) is 25.6. The van der Waals surface area contributed by atoms with Crippen LogP contribution in [0.1, 0.15) is 18.1 Å². The maximum Gasteiger partial charge on any atom is 0.316 e. The molecule has 1 fully saturated rings. The Morgan fingerprint density at radius 3 is 2.46 bits per heavy atom. The molecule has 2 aromatic carbocycles. The zero-order valence-corrected chi connectivity index (χ0v) is 21.8. The second kappa shape index (κ2) is 11.6. The molecule has 1 aromatic heterocycles. The van der Waals surface area contributed by atoms with Gasteiger partial charge in [0, 0.05) is 64.4 Å². The van der Waals surface area contributed by atoms with Crippen molar-refractivity contribution in [2.24, 2.45) is 11.0 Å². The van der Waals surface area contributed by atoms with Gasteiger partial charge in [0.25, 0.3) is 0 Å². The fourth-order valence-corrected chi connectivity index (χ4v) is 4.94. The van der Waals surface area contributed by atoms with E-state index in [4.69, 9.17) is 4.74 Å². The van der Waals surface area contributed by atoms with Crippen LogP contribution in [0.25, 0.3) is 5.69 Å². The Hall–Kier alpha value is -3.65. The van der Waals surface area contributed by atoms with Crippen LogP contribution in [-0.2, 0) is 6.42 Å². The zero-order valence-electron chi connectivity index (χ0n) is 21.8. The monoisotopic (exact) mass is 500 g/mol. The van der Waals surface area contributed by atoms with Gasteiger partial charge in [0.1, 0.15) is 5.69 Å². The molecule has 1 unspecified atom stereocenters. The molecule has 0 saturated carbocycles. The third-order valence-electron chi connectivity index (χ3n) is 7.13. The minimum absolute atomic E-state index is 0.225. The first-order valence-corrected chi connectivity index (χ1v) is 13.2. The molecule has 8 heteroatoms. The summed E-state index contributed by atoms with van der Waals surface area (Å²) in [6.45, 7) is 11.1. The van der Waals surface area contributed by atoms with E-state index in [1.807, 2.05) is 30.3 Å². The van der Waals surface area contributed by atoms with Gasteiger partial charge in [0.2, 0.25) is 5.75 Å². The highest BCUT2D eigenvalue weighted by molar-refractivity contribution is 5.63. The van der Waals surface area contributed by atoms with Crippen molar-refractivity contribution in [2.45, 2.75) is 20.3 Å². The van der Waals surface area contributed by atoms with Crippen LogP contribution in [0, 0.1) is 12.8 Å². The van der Waals surface area contributed by atoms with E-state index in [9.17, 15) is 4.79 Å². The number of para-hydroxylation sites is 1. The van der Waals surface area contributed by atoms with Gasteiger partial charge in [0.15, 0.2) is 0 Å². The van der Waals surface area contributed by atoms with E-state index in [1.54, 1.807) is 6.20 Å². The standard InChI is InChI=1S/C29H36N6O2/c1-3-34-22-25(19-30-34)21-32-14-16-33(17-15-32)27-20-31-35(26-7-5-4-6-8-26)29(36)28(27)37-18-13-24-11-9-23(2)10-12-24/h4-12,19-20,25H,3,13-18,21-22H2,1-2H3. The maximum atomic E-state index is 13.6. The van der Waals surface area contributed by atoms with Crippen molar-refractivity contribution in [3.05, 3.63) is 82.3 Å². The molecule has 1 saturated heterocycles. The lowest BCUT2D eigenvalue weighted by atomic mass is 10.1. The van der Waals surface area contributed by atoms with Gasteiger partial charge in [0.05, 0.1) is 18.5 Å². The van der Waals surface area contributed by atoms with Gasteiger partial charge in [-0.05, 0) is 31.5 Å². The Labute approximate surface area is 218 Å². The number of anilines is 1. The molecule has 3 aromatic rings. The molecule has 2 aliphatic heterocycles. The van der Waals surface area contributed by atoms with Gasteiger partial charge in [-0.3, -0.25) is 14.7 Å². The van der Waals surface area contributed by atoms with E-state index in [2.05, 4.69) is 69.3 Å². The van der Waals surface area contributed by atoms with Gasteiger partial charge in [-0.1, -0.05) is 48.0 Å². The van der Waals surface area contributed by atoms with Gasteiger partial charge >= 0.3 is 5.56 Å². The Bertz CT molecular complexity index is 1250. The normalized spacial score (nSPS) is 17.9. The fourth-order valence-electron chi connectivity index (χ4n) is 4.94. The van der Waals surface area contributed by atoms with Gasteiger partial charge in [-0.2, -0.15) is 14.9 Å². The fraction of sp³-hybridized carbons (Fsp3) is 0.414. The molecular weight excluding hydrogens is 464 g/mol. The molecule has 0 N–H and O–H groups in total. The average Bonchev–Trinajstić information content (AvgIpc) is 3.39. The minimum atomic E-state index is -0.225. The van der Waals surface area contributed by atoms with E-state index in [1.165, 1.54) is 15.8 Å². The first-order chi connectivity index (χ1) is 18.1. The summed E-state index contributed by atoms with van der Waals surface area (Å²) in [5.74, 6) is 0.851. The van der Waals surface area contributed by atoms with E-state index >= 15 is 0 Å². The van der Waals surface area contributed by atoms with Crippen LogP contribution in [0.3, 0.4) is 0 Å². The summed E-state index contributed by atoms with van der Waals surface area (Å²) >= 11 is 0. The third-order valence-corrected chi connectivity index (χ3v) is 7.13. The van der Waals surface area contributed by atoms with Gasteiger partial charge in [-0.25, -0.2) is 0 Å². The van der Waals surface area contributed by atoms with Crippen molar-refractivity contribution in [1.29, 1.82) is 0 Å². The van der Waals surface area contributed by atoms with Crippen LogP contribution in [0.4, 0.5) is 5.69 Å². The maximum absolute atomic E-state index is 13.6.